The van der Waals surface area contributed by atoms with Gasteiger partial charge in [-0.3, -0.25) is 0 Å². The topological polar surface area (TPSA) is 125 Å². The molecule has 13 nitrogen and oxygen atoms in total. The molecule has 0 aliphatic carbocycles. The summed E-state index contributed by atoms with van der Waals surface area (Å²) < 4.78 is 46.2. The zero-order chi connectivity index (χ0) is 80.8. The minimum atomic E-state index is 0.773. The maximum absolute atomic E-state index is 6.62. The van der Waals surface area contributed by atoms with E-state index in [-0.39, 0.29) is 0 Å². The van der Waals surface area contributed by atoms with Gasteiger partial charge in [0.2, 0.25) is 0 Å². The zero-order valence-electron chi connectivity index (χ0n) is 64.9. The number of hydrogen-bond donors (Lipinski definition) is 0. The zero-order valence-corrected chi connectivity index (χ0v) is 69.0. The van der Waals surface area contributed by atoms with Gasteiger partial charge in [-0.25, -0.2) is 0 Å². The molecule has 4 aliphatic heterocycles. The fraction of sp³-hybridized carbons (Fsp3) is 0. The van der Waals surface area contributed by atoms with Crippen molar-refractivity contribution < 1.29 is 4.42 Å². The molecule has 0 saturated heterocycles. The molecule has 0 saturated carbocycles. The molecule has 0 amide bonds. The lowest BCUT2D eigenvalue weighted by Gasteiger charge is -2.28. The van der Waals surface area contributed by atoms with Crippen molar-refractivity contribution in [2.24, 2.45) is 34.9 Å². The molecule has 16 aromatic carbocycles. The maximum atomic E-state index is 6.62. The van der Waals surface area contributed by atoms with Crippen molar-refractivity contribution in [2.45, 2.75) is 0 Å². The van der Waals surface area contributed by atoms with Crippen LogP contribution in [0.4, 0.5) is 114 Å². The molecule has 22 rings (SSSR count). The third-order valence-corrected chi connectivity index (χ3v) is 25.6. The van der Waals surface area contributed by atoms with Crippen LogP contribution in [-0.4, -0.2) is 0 Å². The lowest BCUT2D eigenvalue weighted by molar-refractivity contribution is 0.597. The van der Waals surface area contributed by atoms with Crippen molar-refractivity contribution in [2.75, 3.05) is 19.6 Å². The minimum absolute atomic E-state index is 0.773. The highest BCUT2D eigenvalue weighted by atomic mass is 32.1. The van der Waals surface area contributed by atoms with E-state index in [1.807, 2.05) is 36.4 Å². The number of rotatable bonds is 21. The molecule has 18 aromatic rings. The van der Waals surface area contributed by atoms with E-state index in [2.05, 4.69) is 384 Å². The first-order chi connectivity index (χ1) is 60.5. The number of fused-ring (bicyclic) bond motifs is 4. The Morgan fingerprint density at radius 1 is 0.172 bits per heavy atom. The first-order valence-electron chi connectivity index (χ1n) is 39.9. The van der Waals surface area contributed by atoms with Crippen LogP contribution < -0.4 is 19.6 Å². The van der Waals surface area contributed by atoms with Gasteiger partial charge in [0.25, 0.3) is 0 Å². The van der Waals surface area contributed by atoms with Crippen LogP contribution in [-0.2, 0) is 45.4 Å². The Hall–Kier alpha value is -15.0. The van der Waals surface area contributed by atoms with E-state index < -0.39 is 0 Å². The summed E-state index contributed by atoms with van der Waals surface area (Å²) in [5, 5.41) is 0. The van der Waals surface area contributed by atoms with Crippen molar-refractivity contribution in [3.05, 3.63) is 400 Å². The number of benzene rings is 16. The average molecular weight is 1660 g/mol. The minimum Gasteiger partial charge on any atom is -0.456 e. The second-order valence-electron chi connectivity index (χ2n) is 29.5. The third-order valence-electron chi connectivity index (χ3n) is 22.3. The Balaban J connectivity index is 0.502. The molecule has 0 atom stereocenters. The van der Waals surface area contributed by atoms with Crippen molar-refractivity contribution in [1.82, 2.24) is 0 Å². The monoisotopic (exact) mass is 1660 g/mol. The van der Waals surface area contributed by atoms with Gasteiger partial charge in [0, 0.05) is 88.6 Å². The molecule has 6 heterocycles. The molecule has 0 bridgehead atoms. The van der Waals surface area contributed by atoms with Crippen LogP contribution in [0.15, 0.2) is 440 Å². The van der Waals surface area contributed by atoms with Crippen molar-refractivity contribution in [3.8, 4) is 99.2 Å². The van der Waals surface area contributed by atoms with Crippen LogP contribution in [0.5, 0.6) is 0 Å². The normalized spacial score (nSPS) is 12.2. The molecule has 0 fully saturated rings. The Bertz CT molecular complexity index is 6890. The Labute approximate surface area is 723 Å². The summed E-state index contributed by atoms with van der Waals surface area (Å²) in [6.07, 6.45) is 0. The highest BCUT2D eigenvalue weighted by Gasteiger charge is 2.30. The van der Waals surface area contributed by atoms with Gasteiger partial charge in [-0.2, -0.15) is 34.9 Å². The molecule has 0 unspecified atom stereocenters. The Kier molecular flexibility index (Phi) is 19.3. The van der Waals surface area contributed by atoms with Crippen LogP contribution in [0.1, 0.15) is 0 Å². The molecule has 0 spiro atoms. The summed E-state index contributed by atoms with van der Waals surface area (Å²) in [5.74, 6) is 1.55. The van der Waals surface area contributed by atoms with Gasteiger partial charge in [0.05, 0.1) is 68.2 Å². The molecule has 0 radical (unpaired) electrons. The lowest BCUT2D eigenvalue weighted by atomic mass is 9.98. The summed E-state index contributed by atoms with van der Waals surface area (Å²) in [4.78, 5) is 11.5. The number of hydrogen-bond acceptors (Lipinski definition) is 14. The first-order valence-corrected chi connectivity index (χ1v) is 43.6. The molecule has 4 aliphatic rings. The van der Waals surface area contributed by atoms with Gasteiger partial charge < -0.3 is 24.0 Å². The summed E-state index contributed by atoms with van der Waals surface area (Å²) in [6, 6.07) is 141. The third kappa shape index (κ3) is 13.8. The van der Waals surface area contributed by atoms with Crippen LogP contribution in [0.2, 0.25) is 0 Å². The summed E-state index contributed by atoms with van der Waals surface area (Å²) >= 11 is 6.72. The predicted octanol–water partition coefficient (Wildman–Crippen LogP) is 33.1. The maximum Gasteiger partial charge on any atom is 0.134 e. The van der Waals surface area contributed by atoms with Crippen molar-refractivity contribution >= 4 is 171 Å². The van der Waals surface area contributed by atoms with E-state index in [0.29, 0.717) is 0 Å². The largest absolute Gasteiger partial charge is 0.456 e. The number of anilines is 12. The second kappa shape index (κ2) is 32.0. The van der Waals surface area contributed by atoms with Gasteiger partial charge in [0.15, 0.2) is 0 Å². The van der Waals surface area contributed by atoms with E-state index in [0.717, 1.165) is 203 Å². The van der Waals surface area contributed by atoms with Gasteiger partial charge in [-0.05, 0) is 214 Å². The molecule has 2 aromatic heterocycles. The fourth-order valence-corrected chi connectivity index (χ4v) is 19.7. The number of nitrogens with zero attached hydrogens (tertiary/aromatic N) is 12. The molecule has 122 heavy (non-hydrogen) atoms. The van der Waals surface area contributed by atoms with E-state index >= 15 is 0 Å². The van der Waals surface area contributed by atoms with E-state index in [1.165, 1.54) is 55.2 Å². The number of thiophene rings is 1. The standard InChI is InChI=1S/C104H66N12OS5/c1-7-23-77(24-8-1)113(78-25-9-2-10-26-78)89-57-53-85(97-101(89)109-119-105-97)67-37-45-71(46-38-67)93-61-62-94(117-93)72-47-39-68(40-48-72)86-55-59-91(103-99(86)107-121-111-103)115(81-31-15-5-16-32-81)83-35-19-21-75(65-83)76-22-20-36-84(66-76)116(82-33-17-6-18-34-82)92-60-56-88(100-104(92)112-122-108-100)70-43-51-74(52-44-70)96-64-63-95(118-96)73-49-41-69(42-50-73)87-54-58-90(102-98(87)106-120-110-102)114(79-27-11-3-12-28-79)80-29-13-4-14-30-80/h1-66H. The van der Waals surface area contributed by atoms with Gasteiger partial charge >= 0.3 is 0 Å². The molecule has 578 valence electrons. The molecular formula is C104H66N12OS5. The molecule has 18 heteroatoms. The number of para-hydroxylation sites is 6. The van der Waals surface area contributed by atoms with E-state index in [9.17, 15) is 0 Å². The molecular weight excluding hydrogens is 1590 g/mol. The van der Waals surface area contributed by atoms with Crippen LogP contribution >= 0.6 is 11.3 Å². The number of furan rings is 1. The van der Waals surface area contributed by atoms with Crippen molar-refractivity contribution in [1.29, 1.82) is 0 Å². The quantitative estimate of drug-likeness (QED) is 0.0708. The van der Waals surface area contributed by atoms with Gasteiger partial charge in [-0.15, -0.1) is 11.3 Å². The smallest absolute Gasteiger partial charge is 0.134 e. The molecule has 0 N–H and O–H groups in total. The highest BCUT2D eigenvalue weighted by molar-refractivity contribution is 7.58. The van der Waals surface area contributed by atoms with Gasteiger partial charge in [-0.1, -0.05) is 231 Å². The van der Waals surface area contributed by atoms with E-state index in [4.69, 9.17) is 39.3 Å². The van der Waals surface area contributed by atoms with Crippen LogP contribution in [0.3, 0.4) is 0 Å². The van der Waals surface area contributed by atoms with Crippen LogP contribution in [0.25, 0.3) is 99.2 Å². The summed E-state index contributed by atoms with van der Waals surface area (Å²) in [5.41, 5.74) is 33.3. The SMILES string of the molecule is c1ccc(N(c2ccccc2)c2ccc(-c3ccc(-c4ccc(-c5ccc(-c6ccc(N(c7ccccc7)c7cccc(-c8cccc(N(c9ccccc9)c9ccc(-c%10ccc(-c%11ccc(-c%12ccc(-c%13ccc(N(c%14ccccc%14)c%14ccccc%14)c%14c%13N=S=N%14)cc%12)s%11)cc%10)c%10c9N=S=N%10)c8)c7)c7c6N=S=N7)cc5)o4)cc3)c3c2N=S=N3)cc1. The second-order valence-corrected chi connectivity index (χ2v) is 32.7. The van der Waals surface area contributed by atoms with E-state index in [1.54, 1.807) is 11.3 Å². The first kappa shape index (κ1) is 73.4. The lowest BCUT2D eigenvalue weighted by Crippen LogP contribution is -2.11. The summed E-state index contributed by atoms with van der Waals surface area (Å²) in [7, 11) is 0. The van der Waals surface area contributed by atoms with Crippen molar-refractivity contribution in [3.63, 3.8) is 0 Å². The summed E-state index contributed by atoms with van der Waals surface area (Å²) in [6.45, 7) is 0. The van der Waals surface area contributed by atoms with Crippen LogP contribution in [0, 0.1) is 0 Å². The Morgan fingerprint density at radius 2 is 0.402 bits per heavy atom. The fourth-order valence-electron chi connectivity index (χ4n) is 16.4. The highest BCUT2D eigenvalue weighted by Crippen LogP contribution is 2.57. The Morgan fingerprint density at radius 3 is 0.672 bits per heavy atom. The average Bonchev–Trinajstić information content (AvgIpc) is 1.42. The predicted molar refractivity (Wildman–Crippen MR) is 510 cm³/mol. The van der Waals surface area contributed by atoms with Gasteiger partial charge in [0.1, 0.15) is 57.0 Å².